The lowest BCUT2D eigenvalue weighted by molar-refractivity contribution is -0.131. The molecule has 0 bridgehead atoms. The third kappa shape index (κ3) is 4.35. The van der Waals surface area contributed by atoms with E-state index in [-0.39, 0.29) is 12.0 Å². The van der Waals surface area contributed by atoms with Gasteiger partial charge >= 0.3 is 5.97 Å². The highest BCUT2D eigenvalue weighted by Crippen LogP contribution is 2.15. The number of allylic oxidation sites excluding steroid dienone is 7. The van der Waals surface area contributed by atoms with Gasteiger partial charge in [-0.25, -0.2) is 13.6 Å². The summed E-state index contributed by atoms with van der Waals surface area (Å²) in [6.45, 7) is 0. The first-order chi connectivity index (χ1) is 7.08. The highest BCUT2D eigenvalue weighted by molar-refractivity contribution is 5.80. The van der Waals surface area contributed by atoms with E-state index in [2.05, 4.69) is 0 Å². The Hall–Kier alpha value is -1.71. The Kier molecular flexibility index (Phi) is 3.97. The fourth-order valence-electron chi connectivity index (χ4n) is 1.11. The van der Waals surface area contributed by atoms with Crippen LogP contribution in [0.5, 0.6) is 0 Å². The molecule has 1 atom stereocenters. The summed E-state index contributed by atoms with van der Waals surface area (Å²) in [7, 11) is 0. The first-order valence-electron chi connectivity index (χ1n) is 4.37. The molecule has 0 aromatic heterocycles. The van der Waals surface area contributed by atoms with Crippen molar-refractivity contribution in [1.82, 2.24) is 0 Å². The molecule has 1 unspecified atom stereocenters. The lowest BCUT2D eigenvalue weighted by Gasteiger charge is -2.02. The number of rotatable bonds is 2. The van der Waals surface area contributed by atoms with E-state index in [1.165, 1.54) is 12.2 Å². The molecule has 15 heavy (non-hydrogen) atoms. The molecule has 1 aliphatic rings. The third-order valence-electron chi connectivity index (χ3n) is 1.73. The molecule has 1 rings (SSSR count). The van der Waals surface area contributed by atoms with Gasteiger partial charge in [0.1, 0.15) is 12.0 Å². The standard InChI is InChI=1S/C11H10F2O2/c12-9-2-1-3-10(13)7-8(6-9)4-5-11(14)15/h1-2,4-7,9H,3H2,(H,14,15)/b2-1-,5-4+,8-6?,10-7+. The molecule has 0 aliphatic heterocycles. The van der Waals surface area contributed by atoms with Gasteiger partial charge < -0.3 is 5.11 Å². The normalized spacial score (nSPS) is 27.5. The van der Waals surface area contributed by atoms with Crippen molar-refractivity contribution in [3.8, 4) is 0 Å². The van der Waals surface area contributed by atoms with E-state index in [1.807, 2.05) is 0 Å². The molecular formula is C11H10F2O2. The van der Waals surface area contributed by atoms with Crippen LogP contribution in [0, 0.1) is 0 Å². The van der Waals surface area contributed by atoms with Crippen LogP contribution in [0.3, 0.4) is 0 Å². The van der Waals surface area contributed by atoms with Gasteiger partial charge in [0.15, 0.2) is 0 Å². The fourth-order valence-corrected chi connectivity index (χ4v) is 1.11. The van der Waals surface area contributed by atoms with Crippen LogP contribution in [0.25, 0.3) is 0 Å². The van der Waals surface area contributed by atoms with Crippen molar-refractivity contribution >= 4 is 5.97 Å². The summed E-state index contributed by atoms with van der Waals surface area (Å²) in [4.78, 5) is 10.2. The number of halogens is 2. The lowest BCUT2D eigenvalue weighted by atomic mass is 10.1. The van der Waals surface area contributed by atoms with E-state index in [0.717, 1.165) is 24.3 Å². The zero-order valence-corrected chi connectivity index (χ0v) is 7.86. The van der Waals surface area contributed by atoms with Crippen LogP contribution < -0.4 is 0 Å². The molecule has 1 N–H and O–H groups in total. The Labute approximate surface area is 85.9 Å². The van der Waals surface area contributed by atoms with Crippen molar-refractivity contribution < 1.29 is 18.7 Å². The summed E-state index contributed by atoms with van der Waals surface area (Å²) >= 11 is 0. The van der Waals surface area contributed by atoms with Gasteiger partial charge in [-0.05, 0) is 23.8 Å². The Balaban J connectivity index is 2.92. The van der Waals surface area contributed by atoms with E-state index in [1.54, 1.807) is 0 Å². The molecule has 80 valence electrons. The summed E-state index contributed by atoms with van der Waals surface area (Å²) < 4.78 is 26.0. The maximum atomic E-state index is 13.0. The minimum atomic E-state index is -1.32. The van der Waals surface area contributed by atoms with Crippen molar-refractivity contribution in [2.45, 2.75) is 12.6 Å². The number of carboxylic acid groups (broad SMARTS) is 1. The van der Waals surface area contributed by atoms with Crippen molar-refractivity contribution in [2.24, 2.45) is 0 Å². The quantitative estimate of drug-likeness (QED) is 0.564. The van der Waals surface area contributed by atoms with Crippen LogP contribution >= 0.6 is 0 Å². The van der Waals surface area contributed by atoms with Crippen molar-refractivity contribution in [3.05, 3.63) is 47.9 Å². The largest absolute Gasteiger partial charge is 0.478 e. The average molecular weight is 212 g/mol. The molecule has 0 aromatic rings. The lowest BCUT2D eigenvalue weighted by Crippen LogP contribution is -1.94. The summed E-state index contributed by atoms with van der Waals surface area (Å²) in [5.74, 6) is -1.59. The van der Waals surface area contributed by atoms with Gasteiger partial charge in [0.25, 0.3) is 0 Å². The molecule has 0 saturated heterocycles. The molecule has 0 spiro atoms. The van der Waals surface area contributed by atoms with Crippen molar-refractivity contribution in [3.63, 3.8) is 0 Å². The van der Waals surface area contributed by atoms with Gasteiger partial charge in [0.05, 0.1) is 0 Å². The Morgan fingerprint density at radius 3 is 3.00 bits per heavy atom. The molecule has 2 nitrogen and oxygen atoms in total. The molecule has 0 amide bonds. The van der Waals surface area contributed by atoms with E-state index < -0.39 is 18.0 Å². The maximum Gasteiger partial charge on any atom is 0.328 e. The van der Waals surface area contributed by atoms with Crippen LogP contribution in [0.2, 0.25) is 0 Å². The third-order valence-corrected chi connectivity index (χ3v) is 1.73. The van der Waals surface area contributed by atoms with Gasteiger partial charge in [-0.15, -0.1) is 0 Å². The first-order valence-corrected chi connectivity index (χ1v) is 4.37. The van der Waals surface area contributed by atoms with Crippen LogP contribution in [0.4, 0.5) is 8.78 Å². The summed E-state index contributed by atoms with van der Waals surface area (Å²) in [5, 5.41) is 8.37. The number of hydrogen-bond acceptors (Lipinski definition) is 1. The van der Waals surface area contributed by atoms with Crippen LogP contribution in [-0.2, 0) is 4.79 Å². The minimum absolute atomic E-state index is 0.0265. The van der Waals surface area contributed by atoms with E-state index in [4.69, 9.17) is 5.11 Å². The number of carboxylic acids is 1. The highest BCUT2D eigenvalue weighted by Gasteiger charge is 2.03. The van der Waals surface area contributed by atoms with E-state index in [9.17, 15) is 13.6 Å². The Morgan fingerprint density at radius 1 is 1.60 bits per heavy atom. The molecule has 0 radical (unpaired) electrons. The highest BCUT2D eigenvalue weighted by atomic mass is 19.1. The first kappa shape index (κ1) is 11.4. The summed E-state index contributed by atoms with van der Waals surface area (Å²) in [6, 6.07) is 0. The summed E-state index contributed by atoms with van der Waals surface area (Å²) in [6.07, 6.45) is 5.60. The molecule has 0 heterocycles. The van der Waals surface area contributed by atoms with Gasteiger partial charge in [0, 0.05) is 12.5 Å². The molecule has 1 aliphatic carbocycles. The second-order valence-corrected chi connectivity index (χ2v) is 3.01. The molecule has 0 saturated carbocycles. The smallest absolute Gasteiger partial charge is 0.328 e. The zero-order chi connectivity index (χ0) is 11.3. The average Bonchev–Trinajstić information content (AvgIpc) is 2.11. The molecule has 4 heteroatoms. The predicted octanol–water partition coefficient (Wildman–Crippen LogP) is 2.71. The van der Waals surface area contributed by atoms with Gasteiger partial charge in [-0.3, -0.25) is 0 Å². The molecule has 0 aromatic carbocycles. The topological polar surface area (TPSA) is 37.3 Å². The number of alkyl halides is 1. The minimum Gasteiger partial charge on any atom is -0.478 e. The van der Waals surface area contributed by atoms with Gasteiger partial charge in [0.2, 0.25) is 0 Å². The van der Waals surface area contributed by atoms with Crippen LogP contribution in [-0.4, -0.2) is 17.2 Å². The number of aliphatic carboxylic acids is 1. The Morgan fingerprint density at radius 2 is 2.33 bits per heavy atom. The van der Waals surface area contributed by atoms with E-state index in [0.29, 0.717) is 0 Å². The fraction of sp³-hybridized carbons (Fsp3) is 0.182. The molecule has 0 fully saturated rings. The van der Waals surface area contributed by atoms with Crippen molar-refractivity contribution in [1.29, 1.82) is 0 Å². The van der Waals surface area contributed by atoms with E-state index >= 15 is 0 Å². The van der Waals surface area contributed by atoms with Crippen molar-refractivity contribution in [2.75, 3.05) is 0 Å². The predicted molar refractivity (Wildman–Crippen MR) is 52.7 cm³/mol. The zero-order valence-electron chi connectivity index (χ0n) is 7.86. The monoisotopic (exact) mass is 212 g/mol. The maximum absolute atomic E-state index is 13.0. The summed E-state index contributed by atoms with van der Waals surface area (Å²) in [5.41, 5.74) is 0.215. The number of hydrogen-bond donors (Lipinski definition) is 1. The van der Waals surface area contributed by atoms with Gasteiger partial charge in [-0.1, -0.05) is 12.2 Å². The second kappa shape index (κ2) is 5.24. The van der Waals surface area contributed by atoms with Crippen LogP contribution in [0.15, 0.2) is 47.9 Å². The molecular weight excluding hydrogens is 202 g/mol. The second-order valence-electron chi connectivity index (χ2n) is 3.01. The SMILES string of the molecule is O=C(O)/C=C/C1=CC(F)/C=C\C/C(F)=C\1. The Bertz CT molecular complexity index is 365. The number of carbonyl (C=O) groups is 1. The van der Waals surface area contributed by atoms with Gasteiger partial charge in [-0.2, -0.15) is 0 Å². The van der Waals surface area contributed by atoms with Crippen LogP contribution in [0.1, 0.15) is 6.42 Å².